The van der Waals surface area contributed by atoms with E-state index in [0.717, 1.165) is 22.8 Å². The average molecular weight is 229 g/mol. The van der Waals surface area contributed by atoms with Gasteiger partial charge < -0.3 is 9.15 Å². The van der Waals surface area contributed by atoms with E-state index in [4.69, 9.17) is 9.15 Å². The van der Waals surface area contributed by atoms with Gasteiger partial charge in [0.1, 0.15) is 17.3 Å². The van der Waals surface area contributed by atoms with Crippen molar-refractivity contribution in [3.8, 4) is 5.75 Å². The molecule has 0 aliphatic rings. The highest BCUT2D eigenvalue weighted by Gasteiger charge is 1.99. The van der Waals surface area contributed by atoms with Gasteiger partial charge in [0.15, 0.2) is 0 Å². The van der Waals surface area contributed by atoms with Crippen LogP contribution in [0.4, 0.5) is 0 Å². The Morgan fingerprint density at radius 2 is 2.06 bits per heavy atom. The fourth-order valence-corrected chi connectivity index (χ4v) is 1.59. The first-order chi connectivity index (χ1) is 8.29. The SMILES string of the molecule is COc1ccccc1CN=Cc1ccc(C)o1. The third kappa shape index (κ3) is 2.97. The Hall–Kier alpha value is -2.03. The predicted octanol–water partition coefficient (Wildman–Crippen LogP) is 3.22. The molecule has 3 heteroatoms. The fraction of sp³-hybridized carbons (Fsp3) is 0.214. The molecule has 1 aromatic carbocycles. The van der Waals surface area contributed by atoms with E-state index >= 15 is 0 Å². The van der Waals surface area contributed by atoms with Crippen LogP contribution in [0.5, 0.6) is 5.75 Å². The third-order valence-electron chi connectivity index (χ3n) is 2.43. The molecule has 0 radical (unpaired) electrons. The maximum absolute atomic E-state index is 5.40. The van der Waals surface area contributed by atoms with Crippen molar-refractivity contribution < 1.29 is 9.15 Å². The number of furan rings is 1. The number of aryl methyl sites for hydroxylation is 1. The molecule has 0 saturated carbocycles. The Morgan fingerprint density at radius 3 is 2.76 bits per heavy atom. The van der Waals surface area contributed by atoms with Crippen molar-refractivity contribution in [1.82, 2.24) is 0 Å². The van der Waals surface area contributed by atoms with E-state index in [1.54, 1.807) is 13.3 Å². The molecule has 0 atom stereocenters. The van der Waals surface area contributed by atoms with E-state index < -0.39 is 0 Å². The summed E-state index contributed by atoms with van der Waals surface area (Å²) in [5.41, 5.74) is 1.06. The lowest BCUT2D eigenvalue weighted by atomic mass is 10.2. The Bertz CT molecular complexity index is 514. The van der Waals surface area contributed by atoms with Gasteiger partial charge in [-0.2, -0.15) is 0 Å². The van der Waals surface area contributed by atoms with Crippen molar-refractivity contribution in [2.24, 2.45) is 4.99 Å². The second-order valence-corrected chi connectivity index (χ2v) is 3.73. The number of hydrogen-bond acceptors (Lipinski definition) is 3. The molecule has 3 nitrogen and oxygen atoms in total. The van der Waals surface area contributed by atoms with E-state index in [0.29, 0.717) is 6.54 Å². The lowest BCUT2D eigenvalue weighted by Gasteiger charge is -2.04. The maximum atomic E-state index is 5.40. The molecule has 0 unspecified atom stereocenters. The largest absolute Gasteiger partial charge is 0.496 e. The Balaban J connectivity index is 2.04. The number of para-hydroxylation sites is 1. The summed E-state index contributed by atoms with van der Waals surface area (Å²) in [5.74, 6) is 2.53. The van der Waals surface area contributed by atoms with Crippen LogP contribution in [0, 0.1) is 6.92 Å². The molecule has 2 aromatic rings. The van der Waals surface area contributed by atoms with Crippen molar-refractivity contribution in [2.75, 3.05) is 7.11 Å². The summed E-state index contributed by atoms with van der Waals surface area (Å²) < 4.78 is 10.7. The van der Waals surface area contributed by atoms with Gasteiger partial charge in [-0.25, -0.2) is 0 Å². The number of rotatable bonds is 4. The zero-order valence-corrected chi connectivity index (χ0v) is 10.0. The van der Waals surface area contributed by atoms with Crippen molar-refractivity contribution in [3.63, 3.8) is 0 Å². The topological polar surface area (TPSA) is 34.7 Å². The third-order valence-corrected chi connectivity index (χ3v) is 2.43. The monoisotopic (exact) mass is 229 g/mol. The van der Waals surface area contributed by atoms with Crippen LogP contribution in [-0.2, 0) is 6.54 Å². The van der Waals surface area contributed by atoms with Gasteiger partial charge in [-0.05, 0) is 25.1 Å². The van der Waals surface area contributed by atoms with Crippen LogP contribution in [0.1, 0.15) is 17.1 Å². The van der Waals surface area contributed by atoms with Crippen LogP contribution >= 0.6 is 0 Å². The van der Waals surface area contributed by atoms with Gasteiger partial charge in [0.2, 0.25) is 0 Å². The number of methoxy groups -OCH3 is 1. The molecule has 0 spiro atoms. The minimum absolute atomic E-state index is 0.587. The van der Waals surface area contributed by atoms with Crippen molar-refractivity contribution in [1.29, 1.82) is 0 Å². The summed E-state index contributed by atoms with van der Waals surface area (Å²) in [4.78, 5) is 4.34. The Morgan fingerprint density at radius 1 is 1.24 bits per heavy atom. The molecule has 1 heterocycles. The van der Waals surface area contributed by atoms with Gasteiger partial charge in [0.05, 0.1) is 19.9 Å². The molecular weight excluding hydrogens is 214 g/mol. The van der Waals surface area contributed by atoms with E-state index in [1.807, 2.05) is 43.3 Å². The van der Waals surface area contributed by atoms with Crippen LogP contribution in [0.15, 0.2) is 45.8 Å². The molecule has 0 bridgehead atoms. The predicted molar refractivity (Wildman–Crippen MR) is 67.7 cm³/mol. The van der Waals surface area contributed by atoms with Crippen LogP contribution in [0.2, 0.25) is 0 Å². The summed E-state index contributed by atoms with van der Waals surface area (Å²) in [6.45, 7) is 2.50. The maximum Gasteiger partial charge on any atom is 0.144 e. The second-order valence-electron chi connectivity index (χ2n) is 3.73. The van der Waals surface area contributed by atoms with Gasteiger partial charge in [0.25, 0.3) is 0 Å². The zero-order chi connectivity index (χ0) is 12.1. The fourth-order valence-electron chi connectivity index (χ4n) is 1.59. The molecule has 1 aromatic heterocycles. The van der Waals surface area contributed by atoms with Gasteiger partial charge in [0, 0.05) is 5.56 Å². The van der Waals surface area contributed by atoms with Gasteiger partial charge in [-0.1, -0.05) is 18.2 Å². The first kappa shape index (κ1) is 11.5. The van der Waals surface area contributed by atoms with E-state index in [2.05, 4.69) is 4.99 Å². The smallest absolute Gasteiger partial charge is 0.144 e. The normalized spacial score (nSPS) is 10.9. The molecule has 88 valence electrons. The summed E-state index contributed by atoms with van der Waals surface area (Å²) in [6, 6.07) is 11.7. The van der Waals surface area contributed by atoms with Crippen LogP contribution in [-0.4, -0.2) is 13.3 Å². The summed E-state index contributed by atoms with van der Waals surface area (Å²) in [5, 5.41) is 0. The lowest BCUT2D eigenvalue weighted by Crippen LogP contribution is -1.90. The zero-order valence-electron chi connectivity index (χ0n) is 10.0. The average Bonchev–Trinajstić information content (AvgIpc) is 2.76. The van der Waals surface area contributed by atoms with Crippen molar-refractivity contribution >= 4 is 6.21 Å². The van der Waals surface area contributed by atoms with Crippen molar-refractivity contribution in [3.05, 3.63) is 53.5 Å². The standard InChI is InChI=1S/C14H15NO2/c1-11-7-8-13(17-11)10-15-9-12-5-3-4-6-14(12)16-2/h3-8,10H,9H2,1-2H3. The molecule has 0 aliphatic heterocycles. The highest BCUT2D eigenvalue weighted by Crippen LogP contribution is 2.17. The number of benzene rings is 1. The molecule has 17 heavy (non-hydrogen) atoms. The first-order valence-corrected chi connectivity index (χ1v) is 5.48. The number of ether oxygens (including phenoxy) is 1. The van der Waals surface area contributed by atoms with Gasteiger partial charge in [-0.15, -0.1) is 0 Å². The Labute approximate surface area is 101 Å². The van der Waals surface area contributed by atoms with Crippen molar-refractivity contribution in [2.45, 2.75) is 13.5 Å². The van der Waals surface area contributed by atoms with Crippen LogP contribution in [0.3, 0.4) is 0 Å². The molecule has 0 N–H and O–H groups in total. The van der Waals surface area contributed by atoms with Crippen LogP contribution in [0.25, 0.3) is 0 Å². The number of hydrogen-bond donors (Lipinski definition) is 0. The number of nitrogens with zero attached hydrogens (tertiary/aromatic N) is 1. The first-order valence-electron chi connectivity index (χ1n) is 5.48. The molecule has 2 rings (SSSR count). The summed E-state index contributed by atoms with van der Waals surface area (Å²) in [6.07, 6.45) is 1.74. The second kappa shape index (κ2) is 5.34. The molecule has 0 amide bonds. The molecule has 0 fully saturated rings. The minimum atomic E-state index is 0.587. The quantitative estimate of drug-likeness (QED) is 0.754. The Kier molecular flexibility index (Phi) is 3.60. The van der Waals surface area contributed by atoms with E-state index in [-0.39, 0.29) is 0 Å². The van der Waals surface area contributed by atoms with E-state index in [1.165, 1.54) is 0 Å². The van der Waals surface area contributed by atoms with Crippen LogP contribution < -0.4 is 4.74 Å². The van der Waals surface area contributed by atoms with E-state index in [9.17, 15) is 0 Å². The molecular formula is C14H15NO2. The summed E-state index contributed by atoms with van der Waals surface area (Å²) >= 11 is 0. The number of aliphatic imine (C=N–C) groups is 1. The highest BCUT2D eigenvalue weighted by molar-refractivity contribution is 5.75. The van der Waals surface area contributed by atoms with Gasteiger partial charge >= 0.3 is 0 Å². The van der Waals surface area contributed by atoms with Gasteiger partial charge in [-0.3, -0.25) is 4.99 Å². The summed E-state index contributed by atoms with van der Waals surface area (Å²) in [7, 11) is 1.67. The lowest BCUT2D eigenvalue weighted by molar-refractivity contribution is 0.410. The minimum Gasteiger partial charge on any atom is -0.496 e. The molecule has 0 saturated heterocycles. The highest BCUT2D eigenvalue weighted by atomic mass is 16.5. The molecule has 0 aliphatic carbocycles.